The highest BCUT2D eigenvalue weighted by Gasteiger charge is 2.48. The lowest BCUT2D eigenvalue weighted by Crippen LogP contribution is -2.44. The van der Waals surface area contributed by atoms with Crippen molar-refractivity contribution in [2.75, 3.05) is 0 Å². The molecule has 0 heterocycles. The van der Waals surface area contributed by atoms with E-state index < -0.39 is 5.60 Å². The van der Waals surface area contributed by atoms with Crippen molar-refractivity contribution in [3.63, 3.8) is 0 Å². The van der Waals surface area contributed by atoms with E-state index in [0.717, 1.165) is 12.8 Å². The van der Waals surface area contributed by atoms with Crippen LogP contribution in [0.15, 0.2) is 0 Å². The smallest absolute Gasteiger partial charge is 0.252 e. The van der Waals surface area contributed by atoms with Gasteiger partial charge in [0.05, 0.1) is 0 Å². The van der Waals surface area contributed by atoms with E-state index in [1.54, 1.807) is 0 Å². The maximum absolute atomic E-state index is 11.5. The maximum atomic E-state index is 11.5. The van der Waals surface area contributed by atoms with Crippen LogP contribution in [-0.4, -0.2) is 22.7 Å². The number of carbonyl (C=O) groups excluding carboxylic acids is 1. The molecule has 0 bridgehead atoms. The summed E-state index contributed by atoms with van der Waals surface area (Å²) in [6.07, 6.45) is 5.90. The van der Waals surface area contributed by atoms with Gasteiger partial charge >= 0.3 is 0 Å². The second-order valence-electron chi connectivity index (χ2n) is 4.97. The topological polar surface area (TPSA) is 49.3 Å². The van der Waals surface area contributed by atoms with Gasteiger partial charge < -0.3 is 10.4 Å². The molecule has 2 N–H and O–H groups in total. The zero-order valence-electron chi connectivity index (χ0n) is 8.75. The third kappa shape index (κ3) is 2.08. The highest BCUT2D eigenvalue weighted by atomic mass is 16.3. The van der Waals surface area contributed by atoms with Gasteiger partial charge in [-0.3, -0.25) is 4.79 Å². The summed E-state index contributed by atoms with van der Waals surface area (Å²) in [5.41, 5.74) is -0.999. The van der Waals surface area contributed by atoms with Crippen molar-refractivity contribution >= 4 is 5.91 Å². The van der Waals surface area contributed by atoms with Gasteiger partial charge in [-0.05, 0) is 31.6 Å². The molecule has 0 aromatic rings. The zero-order chi connectivity index (χ0) is 10.2. The van der Waals surface area contributed by atoms with Crippen LogP contribution in [0.25, 0.3) is 0 Å². The van der Waals surface area contributed by atoms with Gasteiger partial charge in [0.15, 0.2) is 0 Å². The Hall–Kier alpha value is -0.570. The number of nitrogens with one attached hydrogen (secondary N) is 1. The summed E-state index contributed by atoms with van der Waals surface area (Å²) < 4.78 is 0. The first kappa shape index (κ1) is 9.97. The number of aliphatic hydroxyl groups is 1. The van der Waals surface area contributed by atoms with E-state index in [0.29, 0.717) is 24.8 Å². The third-order valence-corrected chi connectivity index (χ3v) is 3.42. The molecule has 1 amide bonds. The van der Waals surface area contributed by atoms with E-state index >= 15 is 0 Å². The molecule has 2 atom stereocenters. The Morgan fingerprint density at radius 1 is 1.43 bits per heavy atom. The fraction of sp³-hybridized carbons (Fsp3) is 0.909. The molecule has 0 aromatic heterocycles. The van der Waals surface area contributed by atoms with E-state index in [1.165, 1.54) is 12.8 Å². The molecule has 2 unspecified atom stereocenters. The lowest BCUT2D eigenvalue weighted by Gasteiger charge is -2.28. The van der Waals surface area contributed by atoms with Gasteiger partial charge in [-0.1, -0.05) is 19.8 Å². The number of carbonyl (C=O) groups is 1. The van der Waals surface area contributed by atoms with Gasteiger partial charge in [-0.25, -0.2) is 0 Å². The molecule has 0 spiro atoms. The van der Waals surface area contributed by atoms with Crippen LogP contribution < -0.4 is 5.32 Å². The monoisotopic (exact) mass is 197 g/mol. The van der Waals surface area contributed by atoms with E-state index in [2.05, 4.69) is 12.2 Å². The number of hydrogen-bond acceptors (Lipinski definition) is 2. The van der Waals surface area contributed by atoms with Gasteiger partial charge in [-0.2, -0.15) is 0 Å². The maximum Gasteiger partial charge on any atom is 0.252 e. The minimum atomic E-state index is -0.999. The summed E-state index contributed by atoms with van der Waals surface area (Å²) >= 11 is 0. The molecule has 0 aromatic carbocycles. The van der Waals surface area contributed by atoms with E-state index in [4.69, 9.17) is 0 Å². The summed E-state index contributed by atoms with van der Waals surface area (Å²) in [6.45, 7) is 2.23. The molecule has 2 saturated carbocycles. The molecule has 80 valence electrons. The number of rotatable bonds is 2. The van der Waals surface area contributed by atoms with Gasteiger partial charge in [0.1, 0.15) is 5.60 Å². The van der Waals surface area contributed by atoms with Crippen LogP contribution in [0.5, 0.6) is 0 Å². The SMILES string of the molecule is CC1CCCC(NC(=O)C2(O)CC2)C1. The quantitative estimate of drug-likeness (QED) is 0.699. The second-order valence-corrected chi connectivity index (χ2v) is 4.97. The van der Waals surface area contributed by atoms with Crippen molar-refractivity contribution < 1.29 is 9.90 Å². The fourth-order valence-electron chi connectivity index (χ4n) is 2.23. The van der Waals surface area contributed by atoms with Crippen molar-refractivity contribution in [3.05, 3.63) is 0 Å². The first-order chi connectivity index (χ1) is 6.60. The lowest BCUT2D eigenvalue weighted by molar-refractivity contribution is -0.132. The summed E-state index contributed by atoms with van der Waals surface area (Å²) in [5.74, 6) is 0.569. The highest BCUT2D eigenvalue weighted by Crippen LogP contribution is 2.35. The summed E-state index contributed by atoms with van der Waals surface area (Å²) in [6, 6.07) is 0.302. The van der Waals surface area contributed by atoms with Crippen molar-refractivity contribution in [2.45, 2.75) is 57.1 Å². The summed E-state index contributed by atoms with van der Waals surface area (Å²) in [7, 11) is 0. The average molecular weight is 197 g/mol. The molecule has 0 radical (unpaired) electrons. The minimum Gasteiger partial charge on any atom is -0.380 e. The molecular weight excluding hydrogens is 178 g/mol. The van der Waals surface area contributed by atoms with Crippen molar-refractivity contribution in [1.29, 1.82) is 0 Å². The molecule has 2 aliphatic rings. The second kappa shape index (κ2) is 3.54. The van der Waals surface area contributed by atoms with E-state index in [1.807, 2.05) is 0 Å². The van der Waals surface area contributed by atoms with Crippen molar-refractivity contribution in [3.8, 4) is 0 Å². The lowest BCUT2D eigenvalue weighted by atomic mass is 9.87. The molecule has 2 aliphatic carbocycles. The van der Waals surface area contributed by atoms with Crippen molar-refractivity contribution in [2.24, 2.45) is 5.92 Å². The first-order valence-corrected chi connectivity index (χ1v) is 5.63. The molecule has 14 heavy (non-hydrogen) atoms. The third-order valence-electron chi connectivity index (χ3n) is 3.42. The minimum absolute atomic E-state index is 0.142. The van der Waals surface area contributed by atoms with Crippen LogP contribution in [0.3, 0.4) is 0 Å². The Morgan fingerprint density at radius 3 is 2.71 bits per heavy atom. The van der Waals surface area contributed by atoms with Gasteiger partial charge in [0, 0.05) is 6.04 Å². The molecule has 3 nitrogen and oxygen atoms in total. The Morgan fingerprint density at radius 2 is 2.14 bits per heavy atom. The van der Waals surface area contributed by atoms with Crippen LogP contribution >= 0.6 is 0 Å². The Labute approximate surface area is 84.9 Å². The van der Waals surface area contributed by atoms with Crippen LogP contribution in [0.1, 0.15) is 45.4 Å². The Balaban J connectivity index is 1.81. The molecule has 0 aliphatic heterocycles. The zero-order valence-corrected chi connectivity index (χ0v) is 8.75. The Bertz CT molecular complexity index is 235. The Kier molecular flexibility index (Phi) is 2.52. The fourth-order valence-corrected chi connectivity index (χ4v) is 2.23. The van der Waals surface area contributed by atoms with Gasteiger partial charge in [0.2, 0.25) is 0 Å². The first-order valence-electron chi connectivity index (χ1n) is 5.63. The highest BCUT2D eigenvalue weighted by molar-refractivity contribution is 5.87. The molecule has 2 fully saturated rings. The van der Waals surface area contributed by atoms with E-state index in [9.17, 15) is 9.90 Å². The predicted molar refractivity (Wildman–Crippen MR) is 53.7 cm³/mol. The largest absolute Gasteiger partial charge is 0.380 e. The van der Waals surface area contributed by atoms with Crippen LogP contribution in [0, 0.1) is 5.92 Å². The van der Waals surface area contributed by atoms with Gasteiger partial charge in [-0.15, -0.1) is 0 Å². The van der Waals surface area contributed by atoms with E-state index in [-0.39, 0.29) is 5.91 Å². The summed E-state index contributed by atoms with van der Waals surface area (Å²) in [5, 5.41) is 12.5. The predicted octanol–water partition coefficient (Wildman–Crippen LogP) is 1.21. The molecule has 0 saturated heterocycles. The van der Waals surface area contributed by atoms with Crippen molar-refractivity contribution in [1.82, 2.24) is 5.32 Å². The molecular formula is C11H19NO2. The number of hydrogen-bond donors (Lipinski definition) is 2. The summed E-state index contributed by atoms with van der Waals surface area (Å²) in [4.78, 5) is 11.5. The number of amides is 1. The van der Waals surface area contributed by atoms with Crippen LogP contribution in [-0.2, 0) is 4.79 Å². The van der Waals surface area contributed by atoms with Crippen LogP contribution in [0.4, 0.5) is 0 Å². The van der Waals surface area contributed by atoms with Crippen LogP contribution in [0.2, 0.25) is 0 Å². The van der Waals surface area contributed by atoms with Gasteiger partial charge in [0.25, 0.3) is 5.91 Å². The molecule has 3 heteroatoms. The average Bonchev–Trinajstić information content (AvgIpc) is 2.85. The standard InChI is InChI=1S/C11H19NO2/c1-8-3-2-4-9(7-8)12-10(13)11(14)5-6-11/h8-9,14H,2-7H2,1H3,(H,12,13). The normalized spacial score (nSPS) is 35.0. The molecule has 2 rings (SSSR count).